The summed E-state index contributed by atoms with van der Waals surface area (Å²) in [5, 5.41) is 17.3. The molecule has 0 saturated carbocycles. The third-order valence-electron chi connectivity index (χ3n) is 4.64. The third kappa shape index (κ3) is 4.86. The van der Waals surface area contributed by atoms with Crippen molar-refractivity contribution < 1.29 is 4.79 Å². The van der Waals surface area contributed by atoms with Gasteiger partial charge in [0, 0.05) is 10.6 Å². The lowest BCUT2D eigenvalue weighted by molar-refractivity contribution is -0.117. The van der Waals surface area contributed by atoms with Gasteiger partial charge in [0.2, 0.25) is 5.91 Å². The van der Waals surface area contributed by atoms with Gasteiger partial charge in [-0.2, -0.15) is 5.26 Å². The fourth-order valence-electron chi connectivity index (χ4n) is 2.95. The second kappa shape index (κ2) is 9.32. The molecule has 2 aromatic carbocycles. The predicted octanol–water partition coefficient (Wildman–Crippen LogP) is 4.89. The molecule has 0 unspecified atom stereocenters. The standard InChI is InChI=1S/C23H23N3OS/c1-3-17-6-10-19(11-7-17)22(21-5-4-14-28-21)25-16(2)23(27)26-20-12-8-18(15-24)9-13-20/h4-14,16,22,25H,3H2,1-2H3,(H,26,27)/t16-,22-/m1/s1. The molecule has 0 fully saturated rings. The van der Waals surface area contributed by atoms with E-state index in [1.165, 1.54) is 10.4 Å². The number of nitrogens with zero attached hydrogens (tertiary/aromatic N) is 1. The van der Waals surface area contributed by atoms with Crippen LogP contribution >= 0.6 is 11.3 Å². The highest BCUT2D eigenvalue weighted by Crippen LogP contribution is 2.27. The van der Waals surface area contributed by atoms with Crippen LogP contribution in [0.3, 0.4) is 0 Å². The first-order valence-corrected chi connectivity index (χ1v) is 10.2. The first kappa shape index (κ1) is 19.8. The lowest BCUT2D eigenvalue weighted by atomic mass is 10.0. The first-order valence-electron chi connectivity index (χ1n) is 9.30. The van der Waals surface area contributed by atoms with E-state index in [2.05, 4.69) is 54.0 Å². The third-order valence-corrected chi connectivity index (χ3v) is 5.58. The lowest BCUT2D eigenvalue weighted by Gasteiger charge is -2.23. The highest BCUT2D eigenvalue weighted by Gasteiger charge is 2.21. The highest BCUT2D eigenvalue weighted by atomic mass is 32.1. The summed E-state index contributed by atoms with van der Waals surface area (Å²) in [5.74, 6) is -0.114. The molecule has 1 amide bonds. The van der Waals surface area contributed by atoms with Crippen LogP contribution in [-0.4, -0.2) is 11.9 Å². The van der Waals surface area contributed by atoms with Gasteiger partial charge in [-0.3, -0.25) is 10.1 Å². The predicted molar refractivity (Wildman–Crippen MR) is 114 cm³/mol. The highest BCUT2D eigenvalue weighted by molar-refractivity contribution is 7.10. The molecule has 2 N–H and O–H groups in total. The van der Waals surface area contributed by atoms with Gasteiger partial charge in [-0.15, -0.1) is 11.3 Å². The number of hydrogen-bond acceptors (Lipinski definition) is 4. The first-order chi connectivity index (χ1) is 13.6. The summed E-state index contributed by atoms with van der Waals surface area (Å²) >= 11 is 1.67. The molecule has 0 spiro atoms. The minimum atomic E-state index is -0.395. The number of amides is 1. The Morgan fingerprint density at radius 2 is 1.82 bits per heavy atom. The Bertz CT molecular complexity index is 941. The van der Waals surface area contributed by atoms with E-state index in [-0.39, 0.29) is 11.9 Å². The summed E-state index contributed by atoms with van der Waals surface area (Å²) in [5.41, 5.74) is 3.67. The number of carbonyl (C=O) groups excluding carboxylic acids is 1. The van der Waals surface area contributed by atoms with Crippen molar-refractivity contribution in [1.82, 2.24) is 5.32 Å². The van der Waals surface area contributed by atoms with Crippen LogP contribution in [-0.2, 0) is 11.2 Å². The number of hydrogen-bond donors (Lipinski definition) is 2. The SMILES string of the molecule is CCc1ccc([C@@H](N[C@H](C)C(=O)Nc2ccc(C#N)cc2)c2cccs2)cc1. The summed E-state index contributed by atoms with van der Waals surface area (Å²) in [7, 11) is 0. The van der Waals surface area contributed by atoms with Crippen LogP contribution in [0.1, 0.15) is 41.5 Å². The zero-order valence-corrected chi connectivity index (χ0v) is 16.8. The molecule has 0 aliphatic carbocycles. The molecule has 142 valence electrons. The van der Waals surface area contributed by atoms with Gasteiger partial charge in [0.15, 0.2) is 0 Å². The van der Waals surface area contributed by atoms with E-state index >= 15 is 0 Å². The molecule has 5 heteroatoms. The average Bonchev–Trinajstić information content (AvgIpc) is 3.27. The van der Waals surface area contributed by atoms with Crippen LogP contribution < -0.4 is 10.6 Å². The molecule has 28 heavy (non-hydrogen) atoms. The summed E-state index contributed by atoms with van der Waals surface area (Å²) in [6, 6.07) is 21.1. The van der Waals surface area contributed by atoms with Crippen molar-refractivity contribution >= 4 is 22.9 Å². The van der Waals surface area contributed by atoms with Crippen molar-refractivity contribution in [3.8, 4) is 6.07 Å². The molecule has 0 saturated heterocycles. The number of aryl methyl sites for hydroxylation is 1. The zero-order valence-electron chi connectivity index (χ0n) is 16.0. The van der Waals surface area contributed by atoms with E-state index in [0.717, 1.165) is 12.0 Å². The number of thiophene rings is 1. The number of benzene rings is 2. The van der Waals surface area contributed by atoms with Crippen LogP contribution in [0.5, 0.6) is 0 Å². The van der Waals surface area contributed by atoms with Crippen LogP contribution in [0.4, 0.5) is 5.69 Å². The van der Waals surface area contributed by atoms with Gasteiger partial charge in [-0.1, -0.05) is 37.3 Å². The van der Waals surface area contributed by atoms with Gasteiger partial charge in [-0.05, 0) is 60.2 Å². The molecule has 0 radical (unpaired) electrons. The molecule has 0 aliphatic rings. The molecule has 3 aromatic rings. The summed E-state index contributed by atoms with van der Waals surface area (Å²) in [6.07, 6.45) is 1.00. The molecule has 1 heterocycles. The van der Waals surface area contributed by atoms with Crippen molar-refractivity contribution in [3.05, 3.63) is 87.6 Å². The monoisotopic (exact) mass is 389 g/mol. The second-order valence-corrected chi connectivity index (χ2v) is 7.59. The molecular formula is C23H23N3OS. The van der Waals surface area contributed by atoms with Gasteiger partial charge in [0.05, 0.1) is 23.7 Å². The fraction of sp³-hybridized carbons (Fsp3) is 0.217. The molecule has 3 rings (SSSR count). The van der Waals surface area contributed by atoms with Crippen LogP contribution in [0.15, 0.2) is 66.0 Å². The quantitative estimate of drug-likeness (QED) is 0.605. The normalized spacial score (nSPS) is 12.8. The Morgan fingerprint density at radius 1 is 1.11 bits per heavy atom. The molecule has 2 atom stereocenters. The van der Waals surface area contributed by atoms with Crippen molar-refractivity contribution in [2.45, 2.75) is 32.4 Å². The lowest BCUT2D eigenvalue weighted by Crippen LogP contribution is -2.40. The maximum Gasteiger partial charge on any atom is 0.241 e. The van der Waals surface area contributed by atoms with E-state index in [1.807, 2.05) is 18.4 Å². The maximum absolute atomic E-state index is 12.7. The summed E-state index contributed by atoms with van der Waals surface area (Å²) < 4.78 is 0. The topological polar surface area (TPSA) is 64.9 Å². The number of anilines is 1. The van der Waals surface area contributed by atoms with Crippen molar-refractivity contribution in [1.29, 1.82) is 5.26 Å². The number of rotatable bonds is 7. The Kier molecular flexibility index (Phi) is 6.59. The van der Waals surface area contributed by atoms with E-state index in [0.29, 0.717) is 11.3 Å². The van der Waals surface area contributed by atoms with E-state index in [1.54, 1.807) is 35.6 Å². The van der Waals surface area contributed by atoms with Gasteiger partial charge in [0.1, 0.15) is 0 Å². The fourth-order valence-corrected chi connectivity index (χ4v) is 3.76. The number of nitrogens with one attached hydrogen (secondary N) is 2. The van der Waals surface area contributed by atoms with Crippen molar-refractivity contribution in [2.24, 2.45) is 0 Å². The summed E-state index contributed by atoms with van der Waals surface area (Å²) in [4.78, 5) is 13.8. The minimum absolute atomic E-state index is 0.0485. The second-order valence-electron chi connectivity index (χ2n) is 6.61. The van der Waals surface area contributed by atoms with Gasteiger partial charge < -0.3 is 5.32 Å². The molecule has 4 nitrogen and oxygen atoms in total. The van der Waals surface area contributed by atoms with Crippen molar-refractivity contribution in [3.63, 3.8) is 0 Å². The Morgan fingerprint density at radius 3 is 2.39 bits per heavy atom. The number of carbonyl (C=O) groups is 1. The largest absolute Gasteiger partial charge is 0.325 e. The number of nitriles is 1. The van der Waals surface area contributed by atoms with E-state index in [4.69, 9.17) is 5.26 Å². The smallest absolute Gasteiger partial charge is 0.241 e. The van der Waals surface area contributed by atoms with Crippen LogP contribution in [0.2, 0.25) is 0 Å². The van der Waals surface area contributed by atoms with E-state index in [9.17, 15) is 4.79 Å². The molecule has 1 aromatic heterocycles. The average molecular weight is 390 g/mol. The molecule has 0 bridgehead atoms. The maximum atomic E-state index is 12.7. The van der Waals surface area contributed by atoms with Crippen LogP contribution in [0.25, 0.3) is 0 Å². The molecule has 0 aliphatic heterocycles. The van der Waals surface area contributed by atoms with E-state index < -0.39 is 6.04 Å². The van der Waals surface area contributed by atoms with Gasteiger partial charge in [-0.25, -0.2) is 0 Å². The minimum Gasteiger partial charge on any atom is -0.325 e. The van der Waals surface area contributed by atoms with Gasteiger partial charge >= 0.3 is 0 Å². The Hall–Kier alpha value is -2.94. The Labute approximate surface area is 169 Å². The summed E-state index contributed by atoms with van der Waals surface area (Å²) in [6.45, 7) is 4.00. The molecular weight excluding hydrogens is 366 g/mol. The zero-order chi connectivity index (χ0) is 19.9. The Balaban J connectivity index is 1.73. The van der Waals surface area contributed by atoms with Crippen molar-refractivity contribution in [2.75, 3.05) is 5.32 Å². The van der Waals surface area contributed by atoms with Crippen LogP contribution in [0, 0.1) is 11.3 Å². The van der Waals surface area contributed by atoms with Gasteiger partial charge in [0.25, 0.3) is 0 Å².